The Labute approximate surface area is 146 Å². The van der Waals surface area contributed by atoms with Gasteiger partial charge in [-0.15, -0.1) is 0 Å². The van der Waals surface area contributed by atoms with Crippen LogP contribution in [0, 0.1) is 5.82 Å². The Hall–Kier alpha value is -1.92. The lowest BCUT2D eigenvalue weighted by atomic mass is 10.2. The zero-order valence-corrected chi connectivity index (χ0v) is 14.6. The minimum Gasteiger partial charge on any atom is -0.383 e. The summed E-state index contributed by atoms with van der Waals surface area (Å²) in [4.78, 5) is 18.1. The van der Waals surface area contributed by atoms with E-state index in [2.05, 4.69) is 4.98 Å². The van der Waals surface area contributed by atoms with Gasteiger partial charge in [0.15, 0.2) is 0 Å². The van der Waals surface area contributed by atoms with Crippen LogP contribution in [0.15, 0.2) is 30.6 Å². The van der Waals surface area contributed by atoms with Crippen molar-refractivity contribution >= 4 is 17.5 Å². The first-order valence-electron chi connectivity index (χ1n) is 7.76. The molecule has 0 radical (unpaired) electrons. The zero-order valence-electron chi connectivity index (χ0n) is 13.8. The summed E-state index contributed by atoms with van der Waals surface area (Å²) in [6, 6.07) is 4.60. The van der Waals surface area contributed by atoms with E-state index in [0.717, 1.165) is 0 Å². The highest BCUT2D eigenvalue weighted by molar-refractivity contribution is 6.31. The molecule has 0 unspecified atom stereocenters. The fraction of sp³-hybridized carbons (Fsp3) is 0.412. The van der Waals surface area contributed by atoms with Gasteiger partial charge in [-0.1, -0.05) is 24.6 Å². The molecule has 0 aliphatic carbocycles. The fourth-order valence-corrected chi connectivity index (χ4v) is 2.60. The second-order valence-electron chi connectivity index (χ2n) is 5.33. The van der Waals surface area contributed by atoms with Crippen LogP contribution in [-0.2, 0) is 22.6 Å². The number of halogens is 2. The molecule has 130 valence electrons. The number of aromatic nitrogens is 2. The summed E-state index contributed by atoms with van der Waals surface area (Å²) in [6.45, 7) is 3.35. The molecule has 0 atom stereocenters. The third-order valence-electron chi connectivity index (χ3n) is 3.74. The highest BCUT2D eigenvalue weighted by Crippen LogP contribution is 2.21. The van der Waals surface area contributed by atoms with E-state index in [1.165, 1.54) is 6.07 Å². The number of carbonyl (C=O) groups is 1. The molecule has 1 amide bonds. The van der Waals surface area contributed by atoms with E-state index in [0.29, 0.717) is 42.5 Å². The average molecular weight is 354 g/mol. The van der Waals surface area contributed by atoms with Gasteiger partial charge in [-0.2, -0.15) is 0 Å². The Bertz CT molecular complexity index is 670. The first-order valence-corrected chi connectivity index (χ1v) is 8.14. The van der Waals surface area contributed by atoms with Crippen molar-refractivity contribution in [2.45, 2.75) is 26.4 Å². The van der Waals surface area contributed by atoms with Crippen molar-refractivity contribution in [3.05, 3.63) is 52.8 Å². The van der Waals surface area contributed by atoms with E-state index >= 15 is 0 Å². The minimum absolute atomic E-state index is 0.0190. The van der Waals surface area contributed by atoms with E-state index in [1.807, 2.05) is 6.92 Å². The number of amides is 1. The van der Waals surface area contributed by atoms with Gasteiger partial charge in [-0.3, -0.25) is 4.79 Å². The number of benzene rings is 1. The Morgan fingerprint density at radius 3 is 2.92 bits per heavy atom. The molecular weight excluding hydrogens is 333 g/mol. The van der Waals surface area contributed by atoms with Crippen molar-refractivity contribution in [1.82, 2.24) is 14.5 Å². The van der Waals surface area contributed by atoms with Gasteiger partial charge in [-0.05, 0) is 12.1 Å². The molecule has 2 aromatic rings. The van der Waals surface area contributed by atoms with Crippen LogP contribution in [0.25, 0.3) is 0 Å². The number of methoxy groups -OCH3 is 1. The third-order valence-corrected chi connectivity index (χ3v) is 4.10. The summed E-state index contributed by atoms with van der Waals surface area (Å²) in [5, 5.41) is 0.371. The number of hydrogen-bond donors (Lipinski definition) is 0. The average Bonchev–Trinajstić information content (AvgIpc) is 3.01. The van der Waals surface area contributed by atoms with Gasteiger partial charge in [0.05, 0.1) is 19.7 Å². The zero-order chi connectivity index (χ0) is 17.5. The van der Waals surface area contributed by atoms with Crippen LogP contribution < -0.4 is 0 Å². The number of imidazole rings is 1. The second-order valence-corrected chi connectivity index (χ2v) is 5.74. The van der Waals surface area contributed by atoms with E-state index in [-0.39, 0.29) is 18.3 Å². The number of ether oxygens (including phenoxy) is 1. The quantitative estimate of drug-likeness (QED) is 0.732. The summed E-state index contributed by atoms with van der Waals surface area (Å²) >= 11 is 6.09. The van der Waals surface area contributed by atoms with Crippen LogP contribution in [0.1, 0.15) is 24.7 Å². The highest BCUT2D eigenvalue weighted by atomic mass is 35.5. The van der Waals surface area contributed by atoms with Gasteiger partial charge >= 0.3 is 0 Å². The van der Waals surface area contributed by atoms with Crippen molar-refractivity contribution in [3.63, 3.8) is 0 Å². The Morgan fingerprint density at radius 1 is 1.46 bits per heavy atom. The predicted molar refractivity (Wildman–Crippen MR) is 90.3 cm³/mol. The molecule has 24 heavy (non-hydrogen) atoms. The number of nitrogens with zero attached hydrogens (tertiary/aromatic N) is 3. The lowest BCUT2D eigenvalue weighted by Crippen LogP contribution is -2.34. The maximum absolute atomic E-state index is 14.0. The summed E-state index contributed by atoms with van der Waals surface area (Å²) < 4.78 is 20.8. The summed E-state index contributed by atoms with van der Waals surface area (Å²) in [5.41, 5.74) is 0.406. The minimum atomic E-state index is -0.358. The summed E-state index contributed by atoms with van der Waals surface area (Å²) in [5.74, 6) is 0.334. The molecule has 7 heteroatoms. The highest BCUT2D eigenvalue weighted by Gasteiger charge is 2.16. The van der Waals surface area contributed by atoms with Crippen LogP contribution in [0.5, 0.6) is 0 Å². The molecule has 1 aromatic heterocycles. The fourth-order valence-electron chi connectivity index (χ4n) is 2.38. The topological polar surface area (TPSA) is 47.4 Å². The molecule has 0 saturated heterocycles. The molecule has 0 spiro atoms. The van der Waals surface area contributed by atoms with Crippen molar-refractivity contribution in [3.8, 4) is 0 Å². The first-order chi connectivity index (χ1) is 11.6. The van der Waals surface area contributed by atoms with Crippen molar-refractivity contribution < 1.29 is 13.9 Å². The van der Waals surface area contributed by atoms with Gasteiger partial charge in [0.2, 0.25) is 5.91 Å². The van der Waals surface area contributed by atoms with Gasteiger partial charge in [0, 0.05) is 43.1 Å². The van der Waals surface area contributed by atoms with Gasteiger partial charge in [-0.25, -0.2) is 9.37 Å². The van der Waals surface area contributed by atoms with Crippen LogP contribution in [0.2, 0.25) is 5.02 Å². The lowest BCUT2D eigenvalue weighted by Gasteiger charge is -2.22. The lowest BCUT2D eigenvalue weighted by molar-refractivity contribution is -0.132. The SMILES string of the molecule is CCC(=O)N(CCOC)Cc1nccn1Cc1c(F)cccc1Cl. The maximum Gasteiger partial charge on any atom is 0.222 e. The second kappa shape index (κ2) is 8.80. The Kier molecular flexibility index (Phi) is 6.75. The van der Waals surface area contributed by atoms with Gasteiger partial charge in [0.25, 0.3) is 0 Å². The molecule has 0 aliphatic rings. The van der Waals surface area contributed by atoms with Crippen LogP contribution in [0.4, 0.5) is 4.39 Å². The largest absolute Gasteiger partial charge is 0.383 e. The van der Waals surface area contributed by atoms with E-state index in [1.54, 1.807) is 41.1 Å². The Balaban J connectivity index is 2.18. The van der Waals surface area contributed by atoms with Crippen LogP contribution in [-0.4, -0.2) is 40.6 Å². The van der Waals surface area contributed by atoms with Gasteiger partial charge < -0.3 is 14.2 Å². The molecule has 1 aromatic carbocycles. The maximum atomic E-state index is 14.0. The van der Waals surface area contributed by atoms with Crippen molar-refractivity contribution in [2.24, 2.45) is 0 Å². The molecule has 2 rings (SSSR count). The normalized spacial score (nSPS) is 10.8. The number of rotatable bonds is 8. The first kappa shape index (κ1) is 18.4. The molecular formula is C17H21ClFN3O2. The van der Waals surface area contributed by atoms with Crippen LogP contribution >= 0.6 is 11.6 Å². The molecule has 0 bridgehead atoms. The molecule has 0 N–H and O–H groups in total. The van der Waals surface area contributed by atoms with E-state index < -0.39 is 0 Å². The third kappa shape index (κ3) is 4.55. The number of carbonyl (C=O) groups excluding carboxylic acids is 1. The van der Waals surface area contributed by atoms with Crippen molar-refractivity contribution in [2.75, 3.05) is 20.3 Å². The molecule has 1 heterocycles. The molecule has 0 fully saturated rings. The van der Waals surface area contributed by atoms with Crippen LogP contribution in [0.3, 0.4) is 0 Å². The predicted octanol–water partition coefficient (Wildman–Crippen LogP) is 3.11. The number of hydrogen-bond acceptors (Lipinski definition) is 3. The smallest absolute Gasteiger partial charge is 0.222 e. The molecule has 0 aliphatic heterocycles. The monoisotopic (exact) mass is 353 g/mol. The molecule has 0 saturated carbocycles. The van der Waals surface area contributed by atoms with Gasteiger partial charge in [0.1, 0.15) is 11.6 Å². The summed E-state index contributed by atoms with van der Waals surface area (Å²) in [6.07, 6.45) is 3.79. The van der Waals surface area contributed by atoms with E-state index in [4.69, 9.17) is 16.3 Å². The van der Waals surface area contributed by atoms with Crippen molar-refractivity contribution in [1.29, 1.82) is 0 Å². The Morgan fingerprint density at radius 2 is 2.25 bits per heavy atom. The summed E-state index contributed by atoms with van der Waals surface area (Å²) in [7, 11) is 1.59. The molecule has 5 nitrogen and oxygen atoms in total. The van der Waals surface area contributed by atoms with E-state index in [9.17, 15) is 9.18 Å². The standard InChI is InChI=1S/C17H21ClFN3O2/c1-3-17(23)22(9-10-24-2)12-16-20-7-8-21(16)11-13-14(18)5-4-6-15(13)19/h4-8H,3,9-12H2,1-2H3.